The van der Waals surface area contributed by atoms with E-state index in [1.807, 2.05) is 12.1 Å². The largest absolute Gasteiger partial charge is 0.469 e. The van der Waals surface area contributed by atoms with Gasteiger partial charge in [-0.05, 0) is 22.4 Å². The van der Waals surface area contributed by atoms with Crippen LogP contribution in [0.1, 0.15) is 12.0 Å². The number of ether oxygens (including phenoxy) is 1. The summed E-state index contributed by atoms with van der Waals surface area (Å²) < 4.78 is 5.88. The zero-order chi connectivity index (χ0) is 12.1. The Balaban J connectivity index is 1.89. The fourth-order valence-electron chi connectivity index (χ4n) is 1.69. The van der Waals surface area contributed by atoms with Crippen LogP contribution in [0.5, 0.6) is 0 Å². The van der Waals surface area contributed by atoms with Crippen molar-refractivity contribution >= 4 is 27.4 Å². The molecule has 0 fully saturated rings. The topological polar surface area (TPSA) is 38.3 Å². The summed E-state index contributed by atoms with van der Waals surface area (Å²) in [4.78, 5) is 10.9. The van der Waals surface area contributed by atoms with Crippen LogP contribution in [-0.2, 0) is 16.1 Å². The molecule has 90 valence electrons. The first-order valence-electron chi connectivity index (χ1n) is 5.54. The molecular formula is C13H15NO2S. The molecule has 0 aliphatic carbocycles. The van der Waals surface area contributed by atoms with E-state index in [-0.39, 0.29) is 5.97 Å². The quantitative estimate of drug-likeness (QED) is 0.653. The molecule has 17 heavy (non-hydrogen) atoms. The number of rotatable bonds is 5. The maximum atomic E-state index is 10.9. The average Bonchev–Trinajstić information content (AvgIpc) is 2.78. The molecule has 0 saturated heterocycles. The highest BCUT2D eigenvalue weighted by atomic mass is 32.1. The molecule has 1 N–H and O–H groups in total. The van der Waals surface area contributed by atoms with Crippen LogP contribution < -0.4 is 5.32 Å². The van der Waals surface area contributed by atoms with Crippen LogP contribution in [0.3, 0.4) is 0 Å². The molecule has 0 aliphatic heterocycles. The molecule has 0 amide bonds. The molecule has 4 heteroatoms. The number of fused-ring (bicyclic) bond motifs is 1. The van der Waals surface area contributed by atoms with E-state index in [1.165, 1.54) is 22.8 Å². The molecule has 0 aliphatic rings. The van der Waals surface area contributed by atoms with Crippen molar-refractivity contribution < 1.29 is 9.53 Å². The summed E-state index contributed by atoms with van der Waals surface area (Å²) in [5.74, 6) is -0.173. The Hall–Kier alpha value is -1.39. The molecule has 0 radical (unpaired) electrons. The van der Waals surface area contributed by atoms with Gasteiger partial charge in [0.25, 0.3) is 0 Å². The summed E-state index contributed by atoms with van der Waals surface area (Å²) in [7, 11) is 1.41. The van der Waals surface area contributed by atoms with Gasteiger partial charge in [-0.3, -0.25) is 4.79 Å². The number of carbonyl (C=O) groups excluding carboxylic acids is 1. The van der Waals surface area contributed by atoms with E-state index in [1.54, 1.807) is 11.3 Å². The third-order valence-electron chi connectivity index (χ3n) is 2.61. The van der Waals surface area contributed by atoms with Crippen molar-refractivity contribution in [3.05, 3.63) is 35.2 Å². The second kappa shape index (κ2) is 5.80. The van der Waals surface area contributed by atoms with Crippen molar-refractivity contribution in [2.45, 2.75) is 13.0 Å². The molecule has 1 aromatic heterocycles. The van der Waals surface area contributed by atoms with Crippen molar-refractivity contribution in [3.63, 3.8) is 0 Å². The predicted octanol–water partition coefficient (Wildman–Crippen LogP) is 2.55. The Labute approximate surface area is 104 Å². The van der Waals surface area contributed by atoms with Crippen LogP contribution in [0.25, 0.3) is 10.1 Å². The van der Waals surface area contributed by atoms with Crippen molar-refractivity contribution in [3.8, 4) is 0 Å². The fraction of sp³-hybridized carbons (Fsp3) is 0.308. The summed E-state index contributed by atoms with van der Waals surface area (Å²) in [5, 5.41) is 6.71. The number of carbonyl (C=O) groups is 1. The number of esters is 1. The molecule has 0 atom stereocenters. The molecule has 1 heterocycles. The van der Waals surface area contributed by atoms with Crippen molar-refractivity contribution in [2.24, 2.45) is 0 Å². The maximum Gasteiger partial charge on any atom is 0.306 e. The first kappa shape index (κ1) is 12.1. The Morgan fingerprint density at radius 1 is 1.41 bits per heavy atom. The van der Waals surface area contributed by atoms with Gasteiger partial charge >= 0.3 is 5.97 Å². The Morgan fingerprint density at radius 3 is 3.06 bits per heavy atom. The van der Waals surface area contributed by atoms with Crippen LogP contribution >= 0.6 is 11.3 Å². The normalized spacial score (nSPS) is 10.6. The Morgan fingerprint density at radius 2 is 2.24 bits per heavy atom. The summed E-state index contributed by atoms with van der Waals surface area (Å²) in [6.07, 6.45) is 0.415. The first-order chi connectivity index (χ1) is 8.31. The highest BCUT2D eigenvalue weighted by Gasteiger charge is 2.03. The molecule has 0 bridgehead atoms. The molecule has 1 aromatic carbocycles. The van der Waals surface area contributed by atoms with Gasteiger partial charge in [-0.25, -0.2) is 0 Å². The minimum absolute atomic E-state index is 0.173. The molecule has 0 unspecified atom stereocenters. The zero-order valence-electron chi connectivity index (χ0n) is 9.73. The number of methoxy groups -OCH3 is 1. The highest BCUT2D eigenvalue weighted by Crippen LogP contribution is 2.25. The van der Waals surface area contributed by atoms with Crippen molar-refractivity contribution in [1.29, 1.82) is 0 Å². The number of hydrogen-bond donors (Lipinski definition) is 1. The van der Waals surface area contributed by atoms with Gasteiger partial charge in [0.15, 0.2) is 0 Å². The van der Waals surface area contributed by atoms with E-state index in [2.05, 4.69) is 27.6 Å². The monoisotopic (exact) mass is 249 g/mol. The molecule has 2 rings (SSSR count). The van der Waals surface area contributed by atoms with Crippen LogP contribution in [-0.4, -0.2) is 19.6 Å². The maximum absolute atomic E-state index is 10.9. The van der Waals surface area contributed by atoms with E-state index in [4.69, 9.17) is 0 Å². The second-order valence-corrected chi connectivity index (χ2v) is 4.67. The van der Waals surface area contributed by atoms with Gasteiger partial charge < -0.3 is 10.1 Å². The molecular weight excluding hydrogens is 234 g/mol. The third-order valence-corrected chi connectivity index (χ3v) is 3.62. The minimum atomic E-state index is -0.173. The summed E-state index contributed by atoms with van der Waals surface area (Å²) in [5.41, 5.74) is 1.29. The van der Waals surface area contributed by atoms with Gasteiger partial charge in [-0.15, -0.1) is 11.3 Å². The average molecular weight is 249 g/mol. The highest BCUT2D eigenvalue weighted by molar-refractivity contribution is 7.17. The zero-order valence-corrected chi connectivity index (χ0v) is 10.5. The van der Waals surface area contributed by atoms with E-state index in [9.17, 15) is 4.79 Å². The van der Waals surface area contributed by atoms with E-state index in [0.717, 1.165) is 6.54 Å². The number of benzene rings is 1. The summed E-state index contributed by atoms with van der Waals surface area (Å²) in [6.45, 7) is 1.44. The SMILES string of the molecule is COC(=O)CCNCc1csc2ccccc12. The van der Waals surface area contributed by atoms with E-state index in [0.29, 0.717) is 13.0 Å². The lowest BCUT2D eigenvalue weighted by Gasteiger charge is -2.03. The standard InChI is InChI=1S/C13H15NO2S/c1-16-13(15)6-7-14-8-10-9-17-12-5-3-2-4-11(10)12/h2-5,9,14H,6-8H2,1H3. The van der Waals surface area contributed by atoms with Gasteiger partial charge in [-0.2, -0.15) is 0 Å². The van der Waals surface area contributed by atoms with Crippen LogP contribution in [0, 0.1) is 0 Å². The number of hydrogen-bond acceptors (Lipinski definition) is 4. The van der Waals surface area contributed by atoms with Gasteiger partial charge in [0, 0.05) is 17.8 Å². The van der Waals surface area contributed by atoms with Gasteiger partial charge in [0.2, 0.25) is 0 Å². The molecule has 3 nitrogen and oxygen atoms in total. The Bertz CT molecular complexity index is 507. The molecule has 0 saturated carbocycles. The summed E-state index contributed by atoms with van der Waals surface area (Å²) in [6, 6.07) is 8.35. The smallest absolute Gasteiger partial charge is 0.306 e. The van der Waals surface area contributed by atoms with E-state index >= 15 is 0 Å². The van der Waals surface area contributed by atoms with Gasteiger partial charge in [0.1, 0.15) is 0 Å². The molecule has 2 aromatic rings. The fourth-order valence-corrected chi connectivity index (χ4v) is 2.65. The molecule has 0 spiro atoms. The predicted molar refractivity (Wildman–Crippen MR) is 70.2 cm³/mol. The van der Waals surface area contributed by atoms with Crippen molar-refractivity contribution in [2.75, 3.05) is 13.7 Å². The lowest BCUT2D eigenvalue weighted by atomic mass is 10.2. The van der Waals surface area contributed by atoms with Gasteiger partial charge in [0.05, 0.1) is 13.5 Å². The van der Waals surface area contributed by atoms with Crippen molar-refractivity contribution in [1.82, 2.24) is 5.32 Å². The lowest BCUT2D eigenvalue weighted by Crippen LogP contribution is -2.18. The number of nitrogens with one attached hydrogen (secondary N) is 1. The lowest BCUT2D eigenvalue weighted by molar-refractivity contribution is -0.140. The van der Waals surface area contributed by atoms with Crippen LogP contribution in [0.15, 0.2) is 29.6 Å². The van der Waals surface area contributed by atoms with E-state index < -0.39 is 0 Å². The third kappa shape index (κ3) is 3.05. The Kier molecular flexibility index (Phi) is 4.12. The second-order valence-electron chi connectivity index (χ2n) is 3.76. The number of thiophene rings is 1. The van der Waals surface area contributed by atoms with Crippen LogP contribution in [0.4, 0.5) is 0 Å². The first-order valence-corrected chi connectivity index (χ1v) is 6.42. The van der Waals surface area contributed by atoms with Gasteiger partial charge in [-0.1, -0.05) is 18.2 Å². The summed E-state index contributed by atoms with van der Waals surface area (Å²) >= 11 is 1.75. The van der Waals surface area contributed by atoms with Crippen LogP contribution in [0.2, 0.25) is 0 Å². The minimum Gasteiger partial charge on any atom is -0.469 e.